The van der Waals surface area contributed by atoms with Crippen molar-refractivity contribution >= 4 is 34.8 Å². The van der Waals surface area contributed by atoms with Crippen LogP contribution in [0.1, 0.15) is 16.5 Å². The van der Waals surface area contributed by atoms with Crippen LogP contribution in [0.15, 0.2) is 36.4 Å². The second kappa shape index (κ2) is 6.66. The fourth-order valence-electron chi connectivity index (χ4n) is 1.91. The van der Waals surface area contributed by atoms with E-state index in [4.69, 9.17) is 39.5 Å². The van der Waals surface area contributed by atoms with E-state index >= 15 is 0 Å². The molecule has 1 nitrogen and oxygen atoms in total. The summed E-state index contributed by atoms with van der Waals surface area (Å²) in [6.07, 6.45) is 0.330. The van der Waals surface area contributed by atoms with Gasteiger partial charge in [0.15, 0.2) is 0 Å². The molecular weight excluding hydrogens is 322 g/mol. The highest BCUT2D eigenvalue weighted by Gasteiger charge is 2.17. The maximum atomic E-state index is 13.6. The average Bonchev–Trinajstić information content (AvgIpc) is 2.43. The molecule has 5 heteroatoms. The lowest BCUT2D eigenvalue weighted by atomic mass is 10.0. The molecular formula is C15H12Cl3FO. The Bertz CT molecular complexity index is 616. The molecule has 0 N–H and O–H groups in total. The first-order valence-electron chi connectivity index (χ1n) is 5.93. The molecule has 0 spiro atoms. The van der Waals surface area contributed by atoms with Crippen molar-refractivity contribution in [3.05, 3.63) is 63.4 Å². The van der Waals surface area contributed by atoms with Gasteiger partial charge in [0.2, 0.25) is 0 Å². The van der Waals surface area contributed by atoms with E-state index in [-0.39, 0.29) is 5.82 Å². The highest BCUT2D eigenvalue weighted by atomic mass is 35.5. The fraction of sp³-hybridized carbons (Fsp3) is 0.200. The molecule has 0 amide bonds. The van der Waals surface area contributed by atoms with Crippen LogP contribution < -0.4 is 4.74 Å². The Hall–Kier alpha value is -0.960. The molecule has 0 aliphatic rings. The van der Waals surface area contributed by atoms with Crippen LogP contribution in [0, 0.1) is 5.82 Å². The van der Waals surface area contributed by atoms with E-state index in [0.29, 0.717) is 33.3 Å². The molecule has 0 heterocycles. The van der Waals surface area contributed by atoms with Gasteiger partial charge in [-0.05, 0) is 29.7 Å². The molecule has 0 aliphatic carbocycles. The van der Waals surface area contributed by atoms with Crippen LogP contribution in [0.5, 0.6) is 5.75 Å². The predicted molar refractivity (Wildman–Crippen MR) is 81.7 cm³/mol. The molecule has 1 unspecified atom stereocenters. The lowest BCUT2D eigenvalue weighted by Crippen LogP contribution is -2.00. The predicted octanol–water partition coefficient (Wildman–Crippen LogP) is 5.66. The second-order valence-electron chi connectivity index (χ2n) is 4.27. The Morgan fingerprint density at radius 1 is 1.15 bits per heavy atom. The lowest BCUT2D eigenvalue weighted by Gasteiger charge is -2.14. The van der Waals surface area contributed by atoms with Crippen LogP contribution in [-0.2, 0) is 6.42 Å². The Morgan fingerprint density at radius 3 is 2.50 bits per heavy atom. The summed E-state index contributed by atoms with van der Waals surface area (Å²) in [5, 5.41) is 0.400. The van der Waals surface area contributed by atoms with Crippen LogP contribution in [-0.4, -0.2) is 7.11 Å². The SMILES string of the molecule is COc1cc(Cl)c(C(Cl)Cc2ccccc2F)cc1Cl. The number of halogens is 4. The zero-order valence-corrected chi connectivity index (χ0v) is 12.9. The van der Waals surface area contributed by atoms with Gasteiger partial charge in [0.1, 0.15) is 11.6 Å². The first kappa shape index (κ1) is 15.4. The Morgan fingerprint density at radius 2 is 1.85 bits per heavy atom. The number of benzene rings is 2. The lowest BCUT2D eigenvalue weighted by molar-refractivity contribution is 0.415. The van der Waals surface area contributed by atoms with Crippen molar-refractivity contribution in [2.75, 3.05) is 7.11 Å². The highest BCUT2D eigenvalue weighted by Crippen LogP contribution is 2.37. The first-order valence-corrected chi connectivity index (χ1v) is 7.12. The van der Waals surface area contributed by atoms with Crippen molar-refractivity contribution in [3.8, 4) is 5.75 Å². The summed E-state index contributed by atoms with van der Waals surface area (Å²) < 4.78 is 18.7. The molecule has 0 radical (unpaired) electrons. The standard InChI is InChI=1S/C15H12Cl3FO/c1-20-15-8-12(17)10(7-13(15)18)11(16)6-9-4-2-3-5-14(9)19/h2-5,7-8,11H,6H2,1H3. The van der Waals surface area contributed by atoms with E-state index < -0.39 is 5.38 Å². The van der Waals surface area contributed by atoms with E-state index in [1.54, 1.807) is 30.3 Å². The van der Waals surface area contributed by atoms with E-state index in [1.807, 2.05) is 0 Å². The Balaban J connectivity index is 2.28. The maximum absolute atomic E-state index is 13.6. The van der Waals surface area contributed by atoms with Gasteiger partial charge in [-0.2, -0.15) is 0 Å². The first-order chi connectivity index (χ1) is 9.52. The minimum atomic E-state index is -0.470. The zero-order chi connectivity index (χ0) is 14.7. The van der Waals surface area contributed by atoms with Gasteiger partial charge < -0.3 is 4.74 Å². The number of ether oxygens (including phenoxy) is 1. The van der Waals surface area contributed by atoms with Crippen molar-refractivity contribution in [2.24, 2.45) is 0 Å². The van der Waals surface area contributed by atoms with Gasteiger partial charge in [-0.1, -0.05) is 41.4 Å². The number of rotatable bonds is 4. The van der Waals surface area contributed by atoms with Crippen LogP contribution in [0.2, 0.25) is 10.0 Å². The summed E-state index contributed by atoms with van der Waals surface area (Å²) in [6, 6.07) is 9.77. The van der Waals surface area contributed by atoms with Gasteiger partial charge in [0.25, 0.3) is 0 Å². The molecule has 0 aromatic heterocycles. The quantitative estimate of drug-likeness (QED) is 0.656. The number of methoxy groups -OCH3 is 1. The minimum Gasteiger partial charge on any atom is -0.495 e. The number of hydrogen-bond donors (Lipinski definition) is 0. The molecule has 20 heavy (non-hydrogen) atoms. The maximum Gasteiger partial charge on any atom is 0.138 e. The summed E-state index contributed by atoms with van der Waals surface area (Å²) >= 11 is 18.6. The Labute approximate surface area is 132 Å². The Kier molecular flexibility index (Phi) is 5.14. The average molecular weight is 334 g/mol. The van der Waals surface area contributed by atoms with E-state index in [1.165, 1.54) is 13.2 Å². The summed E-state index contributed by atoms with van der Waals surface area (Å²) in [5.41, 5.74) is 1.19. The van der Waals surface area contributed by atoms with Gasteiger partial charge in [0.05, 0.1) is 17.5 Å². The van der Waals surface area contributed by atoms with E-state index in [2.05, 4.69) is 0 Å². The minimum absolute atomic E-state index is 0.283. The molecule has 2 rings (SSSR count). The normalized spacial score (nSPS) is 12.2. The van der Waals surface area contributed by atoms with E-state index in [0.717, 1.165) is 0 Å². The second-order valence-corrected chi connectivity index (χ2v) is 5.61. The van der Waals surface area contributed by atoms with Crippen molar-refractivity contribution in [3.63, 3.8) is 0 Å². The number of hydrogen-bond acceptors (Lipinski definition) is 1. The molecule has 0 saturated carbocycles. The monoisotopic (exact) mass is 332 g/mol. The topological polar surface area (TPSA) is 9.23 Å². The van der Waals surface area contributed by atoms with E-state index in [9.17, 15) is 4.39 Å². The largest absolute Gasteiger partial charge is 0.495 e. The van der Waals surface area contributed by atoms with Crippen LogP contribution in [0.4, 0.5) is 4.39 Å². The molecule has 2 aromatic carbocycles. The van der Waals surface area contributed by atoms with Crippen molar-refractivity contribution in [1.29, 1.82) is 0 Å². The highest BCUT2D eigenvalue weighted by molar-refractivity contribution is 6.35. The summed E-state index contributed by atoms with van der Waals surface area (Å²) in [7, 11) is 1.51. The molecule has 1 atom stereocenters. The summed E-state index contributed by atoms with van der Waals surface area (Å²) in [4.78, 5) is 0. The summed E-state index contributed by atoms with van der Waals surface area (Å²) in [5.74, 6) is 0.198. The molecule has 0 aliphatic heterocycles. The summed E-state index contributed by atoms with van der Waals surface area (Å²) in [6.45, 7) is 0. The molecule has 0 bridgehead atoms. The third kappa shape index (κ3) is 3.38. The third-order valence-electron chi connectivity index (χ3n) is 2.97. The van der Waals surface area contributed by atoms with Crippen molar-refractivity contribution < 1.29 is 9.13 Å². The number of alkyl halides is 1. The van der Waals surface area contributed by atoms with Crippen molar-refractivity contribution in [2.45, 2.75) is 11.8 Å². The fourth-order valence-corrected chi connectivity index (χ4v) is 2.84. The molecule has 106 valence electrons. The van der Waals surface area contributed by atoms with Gasteiger partial charge in [-0.25, -0.2) is 4.39 Å². The smallest absolute Gasteiger partial charge is 0.138 e. The van der Waals surface area contributed by atoms with Crippen LogP contribution in [0.25, 0.3) is 0 Å². The van der Waals surface area contributed by atoms with Crippen LogP contribution in [0.3, 0.4) is 0 Å². The van der Waals surface area contributed by atoms with Crippen LogP contribution >= 0.6 is 34.8 Å². The molecule has 0 fully saturated rings. The zero-order valence-electron chi connectivity index (χ0n) is 10.7. The van der Waals surface area contributed by atoms with Gasteiger partial charge >= 0.3 is 0 Å². The van der Waals surface area contributed by atoms with Gasteiger partial charge in [-0.15, -0.1) is 11.6 Å². The third-order valence-corrected chi connectivity index (χ3v) is 3.98. The van der Waals surface area contributed by atoms with Crippen molar-refractivity contribution in [1.82, 2.24) is 0 Å². The molecule has 2 aromatic rings. The molecule has 0 saturated heterocycles. The van der Waals surface area contributed by atoms with Gasteiger partial charge in [0, 0.05) is 11.1 Å². The van der Waals surface area contributed by atoms with Gasteiger partial charge in [-0.3, -0.25) is 0 Å².